The second-order valence-electron chi connectivity index (χ2n) is 6.05. The molecule has 1 aromatic rings. The van der Waals surface area contributed by atoms with Crippen molar-refractivity contribution in [3.8, 4) is 0 Å². The van der Waals surface area contributed by atoms with Crippen molar-refractivity contribution in [1.29, 1.82) is 0 Å². The van der Waals surface area contributed by atoms with E-state index in [0.29, 0.717) is 17.8 Å². The number of nitrogens with zero attached hydrogens (tertiary/aromatic N) is 3. The number of rotatable bonds is 4. The molecule has 2 fully saturated rings. The van der Waals surface area contributed by atoms with Crippen LogP contribution in [-0.2, 0) is 0 Å². The third-order valence-corrected chi connectivity index (χ3v) is 3.91. The summed E-state index contributed by atoms with van der Waals surface area (Å²) in [4.78, 5) is 11.4. The number of nitrogen functional groups attached to an aromatic ring is 1. The Kier molecular flexibility index (Phi) is 3.31. The summed E-state index contributed by atoms with van der Waals surface area (Å²) in [6.07, 6.45) is 3.95. The van der Waals surface area contributed by atoms with Crippen LogP contribution in [0.25, 0.3) is 0 Å². The Morgan fingerprint density at radius 1 is 1.32 bits per heavy atom. The summed E-state index contributed by atoms with van der Waals surface area (Å²) in [7, 11) is 0. The molecule has 1 atom stereocenters. The first kappa shape index (κ1) is 12.7. The fourth-order valence-corrected chi connectivity index (χ4v) is 2.70. The summed E-state index contributed by atoms with van der Waals surface area (Å²) in [5.74, 6) is 2.55. The number of hydrogen-bond donors (Lipinski definition) is 2. The number of aromatic nitrogens is 2. The maximum Gasteiger partial charge on any atom is 0.135 e. The van der Waals surface area contributed by atoms with Gasteiger partial charge in [-0.25, -0.2) is 9.97 Å². The van der Waals surface area contributed by atoms with Gasteiger partial charge in [0.25, 0.3) is 0 Å². The van der Waals surface area contributed by atoms with E-state index in [1.54, 1.807) is 0 Å². The van der Waals surface area contributed by atoms with Gasteiger partial charge in [0, 0.05) is 37.2 Å². The van der Waals surface area contributed by atoms with Gasteiger partial charge in [0.2, 0.25) is 0 Å². The highest BCUT2D eigenvalue weighted by atomic mass is 15.2. The Hall–Kier alpha value is -1.36. The first-order valence-electron chi connectivity index (χ1n) is 7.27. The van der Waals surface area contributed by atoms with E-state index in [1.807, 2.05) is 6.07 Å². The number of anilines is 2. The Morgan fingerprint density at radius 3 is 2.79 bits per heavy atom. The lowest BCUT2D eigenvalue weighted by molar-refractivity contribution is 0.326. The van der Waals surface area contributed by atoms with Crippen LogP contribution in [0.2, 0.25) is 0 Å². The van der Waals surface area contributed by atoms with Gasteiger partial charge in [0.05, 0.1) is 0 Å². The van der Waals surface area contributed by atoms with Gasteiger partial charge in [-0.15, -0.1) is 0 Å². The standard InChI is InChI=1S/C14H23N5/c1-9(2)14-17-12(15)7-13(18-14)16-10-5-6-19(8-10)11-3-4-11/h7,9-11H,3-6,8H2,1-2H3,(H3,15,16,17,18). The molecular formula is C14H23N5. The molecule has 5 heteroatoms. The molecule has 0 aromatic carbocycles. The second kappa shape index (κ2) is 4.96. The first-order chi connectivity index (χ1) is 9.11. The molecule has 1 aliphatic heterocycles. The van der Waals surface area contributed by atoms with E-state index in [0.717, 1.165) is 24.2 Å². The molecule has 1 aromatic heterocycles. The van der Waals surface area contributed by atoms with Gasteiger partial charge in [0.1, 0.15) is 17.5 Å². The van der Waals surface area contributed by atoms with Crippen LogP contribution in [0.4, 0.5) is 11.6 Å². The summed E-state index contributed by atoms with van der Waals surface area (Å²) in [5, 5.41) is 3.52. The predicted octanol–water partition coefficient (Wildman–Crippen LogP) is 1.83. The highest BCUT2D eigenvalue weighted by molar-refractivity contribution is 5.45. The average Bonchev–Trinajstić information content (AvgIpc) is 3.10. The third-order valence-electron chi connectivity index (χ3n) is 3.91. The van der Waals surface area contributed by atoms with Gasteiger partial charge in [-0.1, -0.05) is 13.8 Å². The van der Waals surface area contributed by atoms with Crippen molar-refractivity contribution in [2.75, 3.05) is 24.1 Å². The van der Waals surface area contributed by atoms with Crippen LogP contribution in [0.5, 0.6) is 0 Å². The molecule has 1 saturated carbocycles. The lowest BCUT2D eigenvalue weighted by Crippen LogP contribution is -2.28. The molecule has 3 rings (SSSR count). The Balaban J connectivity index is 1.66. The highest BCUT2D eigenvalue weighted by Gasteiger charge is 2.34. The first-order valence-corrected chi connectivity index (χ1v) is 7.27. The van der Waals surface area contributed by atoms with Gasteiger partial charge in [-0.2, -0.15) is 0 Å². The minimum atomic E-state index is 0.301. The molecular weight excluding hydrogens is 238 g/mol. The predicted molar refractivity (Wildman–Crippen MR) is 77.2 cm³/mol. The van der Waals surface area contributed by atoms with Gasteiger partial charge < -0.3 is 11.1 Å². The van der Waals surface area contributed by atoms with Crippen LogP contribution in [0.15, 0.2) is 6.07 Å². The van der Waals surface area contributed by atoms with Crippen molar-refractivity contribution in [2.24, 2.45) is 0 Å². The second-order valence-corrected chi connectivity index (χ2v) is 6.05. The zero-order valence-electron chi connectivity index (χ0n) is 11.8. The maximum atomic E-state index is 5.86. The van der Waals surface area contributed by atoms with E-state index < -0.39 is 0 Å². The van der Waals surface area contributed by atoms with Crippen molar-refractivity contribution in [3.05, 3.63) is 11.9 Å². The summed E-state index contributed by atoms with van der Waals surface area (Å²) in [6.45, 7) is 6.51. The molecule has 0 amide bonds. The molecule has 2 aliphatic rings. The normalized spacial score (nSPS) is 24.1. The highest BCUT2D eigenvalue weighted by Crippen LogP contribution is 2.30. The molecule has 104 valence electrons. The molecule has 0 spiro atoms. The molecule has 2 heterocycles. The van der Waals surface area contributed by atoms with Crippen molar-refractivity contribution >= 4 is 11.6 Å². The third kappa shape index (κ3) is 2.97. The fraction of sp³-hybridized carbons (Fsp3) is 0.714. The minimum absolute atomic E-state index is 0.301. The van der Waals surface area contributed by atoms with Crippen LogP contribution in [0.3, 0.4) is 0 Å². The molecule has 5 nitrogen and oxygen atoms in total. The number of likely N-dealkylation sites (tertiary alicyclic amines) is 1. The van der Waals surface area contributed by atoms with E-state index >= 15 is 0 Å². The van der Waals surface area contributed by atoms with Crippen molar-refractivity contribution in [2.45, 2.75) is 51.1 Å². The average molecular weight is 261 g/mol. The van der Waals surface area contributed by atoms with E-state index in [-0.39, 0.29) is 0 Å². The summed E-state index contributed by atoms with van der Waals surface area (Å²) in [6, 6.07) is 3.19. The lowest BCUT2D eigenvalue weighted by Gasteiger charge is -2.17. The van der Waals surface area contributed by atoms with E-state index in [1.165, 1.54) is 25.8 Å². The Bertz CT molecular complexity index is 455. The van der Waals surface area contributed by atoms with Crippen molar-refractivity contribution in [3.63, 3.8) is 0 Å². The molecule has 1 unspecified atom stereocenters. The van der Waals surface area contributed by atoms with E-state index in [9.17, 15) is 0 Å². The van der Waals surface area contributed by atoms with Gasteiger partial charge >= 0.3 is 0 Å². The summed E-state index contributed by atoms with van der Waals surface area (Å²) < 4.78 is 0. The van der Waals surface area contributed by atoms with Crippen LogP contribution < -0.4 is 11.1 Å². The van der Waals surface area contributed by atoms with Crippen LogP contribution in [0.1, 0.15) is 44.9 Å². The van der Waals surface area contributed by atoms with Crippen molar-refractivity contribution < 1.29 is 0 Å². The largest absolute Gasteiger partial charge is 0.384 e. The molecule has 1 aliphatic carbocycles. The lowest BCUT2D eigenvalue weighted by atomic mass is 10.2. The molecule has 3 N–H and O–H groups in total. The number of hydrogen-bond acceptors (Lipinski definition) is 5. The van der Waals surface area contributed by atoms with Gasteiger partial charge in [-0.3, -0.25) is 4.90 Å². The zero-order valence-corrected chi connectivity index (χ0v) is 11.8. The monoisotopic (exact) mass is 261 g/mol. The zero-order chi connectivity index (χ0) is 13.4. The summed E-state index contributed by atoms with van der Waals surface area (Å²) >= 11 is 0. The Labute approximate surface area is 114 Å². The Morgan fingerprint density at radius 2 is 2.11 bits per heavy atom. The minimum Gasteiger partial charge on any atom is -0.384 e. The van der Waals surface area contributed by atoms with Gasteiger partial charge in [0.15, 0.2) is 0 Å². The topological polar surface area (TPSA) is 67.1 Å². The SMILES string of the molecule is CC(C)c1nc(N)cc(NC2CCN(C3CC3)C2)n1. The number of nitrogens with one attached hydrogen (secondary N) is 1. The molecule has 19 heavy (non-hydrogen) atoms. The number of nitrogens with two attached hydrogens (primary N) is 1. The van der Waals surface area contributed by atoms with Crippen LogP contribution in [-0.4, -0.2) is 40.0 Å². The fourth-order valence-electron chi connectivity index (χ4n) is 2.70. The van der Waals surface area contributed by atoms with Crippen LogP contribution >= 0.6 is 0 Å². The van der Waals surface area contributed by atoms with Gasteiger partial charge in [-0.05, 0) is 19.3 Å². The molecule has 0 radical (unpaired) electrons. The van der Waals surface area contributed by atoms with E-state index in [2.05, 4.69) is 34.0 Å². The maximum absolute atomic E-state index is 5.86. The van der Waals surface area contributed by atoms with Crippen molar-refractivity contribution in [1.82, 2.24) is 14.9 Å². The molecule has 0 bridgehead atoms. The molecule has 1 saturated heterocycles. The summed E-state index contributed by atoms with van der Waals surface area (Å²) in [5.41, 5.74) is 5.86. The van der Waals surface area contributed by atoms with E-state index in [4.69, 9.17) is 5.73 Å². The van der Waals surface area contributed by atoms with Crippen LogP contribution in [0, 0.1) is 0 Å². The quantitative estimate of drug-likeness (QED) is 0.865. The smallest absolute Gasteiger partial charge is 0.135 e.